The van der Waals surface area contributed by atoms with E-state index in [4.69, 9.17) is 11.6 Å². The van der Waals surface area contributed by atoms with Gasteiger partial charge in [0, 0.05) is 35.7 Å². The van der Waals surface area contributed by atoms with Crippen LogP contribution in [0, 0.1) is 6.92 Å². The number of benzene rings is 2. The second-order valence-electron chi connectivity index (χ2n) is 6.91. The zero-order valence-corrected chi connectivity index (χ0v) is 16.0. The predicted molar refractivity (Wildman–Crippen MR) is 109 cm³/mol. The van der Waals surface area contributed by atoms with Crippen molar-refractivity contribution in [3.63, 3.8) is 0 Å². The van der Waals surface area contributed by atoms with Gasteiger partial charge in [0.1, 0.15) is 0 Å². The van der Waals surface area contributed by atoms with Gasteiger partial charge >= 0.3 is 6.03 Å². The van der Waals surface area contributed by atoms with Crippen LogP contribution in [0.4, 0.5) is 10.5 Å². The minimum absolute atomic E-state index is 0.00404. The molecule has 2 heterocycles. The highest BCUT2D eigenvalue weighted by Gasteiger charge is 2.31. The standard InChI is InChI=1S/C22H22ClN3O/c1-16-9-10-18(23)15-19(16)24-22(27)26-13-12-25-11-5-8-20(25)21(26)14-17-6-3-2-4-7-17/h2-11,15,21H,12-14H2,1H3,(H,24,27). The number of anilines is 1. The van der Waals surface area contributed by atoms with Crippen LogP contribution >= 0.6 is 11.6 Å². The summed E-state index contributed by atoms with van der Waals surface area (Å²) in [4.78, 5) is 15.1. The summed E-state index contributed by atoms with van der Waals surface area (Å²) in [6.07, 6.45) is 2.87. The molecule has 1 unspecified atom stereocenters. The number of hydrogen-bond acceptors (Lipinski definition) is 1. The summed E-state index contributed by atoms with van der Waals surface area (Å²) >= 11 is 6.11. The average Bonchev–Trinajstić information content (AvgIpc) is 3.15. The fourth-order valence-corrected chi connectivity index (χ4v) is 3.85. The van der Waals surface area contributed by atoms with Crippen LogP contribution < -0.4 is 5.32 Å². The lowest BCUT2D eigenvalue weighted by Gasteiger charge is -2.37. The van der Waals surface area contributed by atoms with E-state index in [9.17, 15) is 4.79 Å². The molecule has 0 bridgehead atoms. The fourth-order valence-electron chi connectivity index (χ4n) is 3.68. The number of rotatable bonds is 3. The molecule has 4 rings (SSSR count). The van der Waals surface area contributed by atoms with Crippen molar-refractivity contribution >= 4 is 23.3 Å². The molecule has 1 N–H and O–H groups in total. The number of aryl methyl sites for hydroxylation is 1. The number of carbonyl (C=O) groups is 1. The van der Waals surface area contributed by atoms with Gasteiger partial charge in [-0.3, -0.25) is 0 Å². The molecular formula is C22H22ClN3O. The molecule has 1 aromatic heterocycles. The molecule has 2 aromatic carbocycles. The first-order valence-electron chi connectivity index (χ1n) is 9.14. The lowest BCUT2D eigenvalue weighted by Crippen LogP contribution is -2.44. The highest BCUT2D eigenvalue weighted by atomic mass is 35.5. The maximum Gasteiger partial charge on any atom is 0.322 e. The monoisotopic (exact) mass is 379 g/mol. The van der Waals surface area contributed by atoms with Crippen LogP contribution in [0.2, 0.25) is 5.02 Å². The summed E-state index contributed by atoms with van der Waals surface area (Å²) in [5, 5.41) is 3.67. The predicted octanol–water partition coefficient (Wildman–Crippen LogP) is 5.28. The largest absolute Gasteiger partial charge is 0.348 e. The molecule has 0 fully saturated rings. The number of urea groups is 1. The maximum atomic E-state index is 13.1. The first-order chi connectivity index (χ1) is 13.1. The van der Waals surface area contributed by atoms with E-state index >= 15 is 0 Å². The number of halogens is 1. The summed E-state index contributed by atoms with van der Waals surface area (Å²) in [6, 6.07) is 19.9. The Kier molecular flexibility index (Phi) is 4.90. The molecule has 0 saturated carbocycles. The first-order valence-corrected chi connectivity index (χ1v) is 9.52. The minimum Gasteiger partial charge on any atom is -0.348 e. The summed E-state index contributed by atoms with van der Waals surface area (Å²) in [7, 11) is 0. The Morgan fingerprint density at radius 3 is 2.74 bits per heavy atom. The lowest BCUT2D eigenvalue weighted by molar-refractivity contribution is 0.167. The van der Waals surface area contributed by atoms with E-state index < -0.39 is 0 Å². The smallest absolute Gasteiger partial charge is 0.322 e. The maximum absolute atomic E-state index is 13.1. The average molecular weight is 380 g/mol. The van der Waals surface area contributed by atoms with Crippen molar-refractivity contribution in [3.05, 3.63) is 88.7 Å². The van der Waals surface area contributed by atoms with E-state index in [1.807, 2.05) is 42.2 Å². The van der Waals surface area contributed by atoms with Gasteiger partial charge in [0.05, 0.1) is 6.04 Å². The van der Waals surface area contributed by atoms with Gasteiger partial charge in [-0.25, -0.2) is 4.79 Å². The number of nitrogens with zero attached hydrogens (tertiary/aromatic N) is 2. The molecule has 1 aliphatic heterocycles. The molecule has 0 aliphatic carbocycles. The number of carbonyl (C=O) groups excluding carboxylic acids is 1. The Balaban J connectivity index is 1.61. The van der Waals surface area contributed by atoms with Crippen LogP contribution in [-0.2, 0) is 13.0 Å². The van der Waals surface area contributed by atoms with Gasteiger partial charge in [0.25, 0.3) is 0 Å². The van der Waals surface area contributed by atoms with Gasteiger partial charge in [0.15, 0.2) is 0 Å². The van der Waals surface area contributed by atoms with E-state index in [1.165, 1.54) is 11.3 Å². The van der Waals surface area contributed by atoms with Crippen LogP contribution in [0.25, 0.3) is 0 Å². The van der Waals surface area contributed by atoms with Crippen molar-refractivity contribution in [2.75, 3.05) is 11.9 Å². The molecule has 138 valence electrons. The van der Waals surface area contributed by atoms with Gasteiger partial charge in [-0.15, -0.1) is 0 Å². The molecular weight excluding hydrogens is 358 g/mol. The topological polar surface area (TPSA) is 37.3 Å². The van der Waals surface area contributed by atoms with Crippen molar-refractivity contribution in [3.8, 4) is 0 Å². The normalized spacial score (nSPS) is 16.1. The molecule has 0 spiro atoms. The van der Waals surface area contributed by atoms with Crippen LogP contribution in [0.3, 0.4) is 0 Å². The fraction of sp³-hybridized carbons (Fsp3) is 0.227. The molecule has 3 aromatic rings. The Labute approximate surface area is 164 Å². The molecule has 4 nitrogen and oxygen atoms in total. The van der Waals surface area contributed by atoms with E-state index in [0.29, 0.717) is 11.6 Å². The van der Waals surface area contributed by atoms with Gasteiger partial charge in [-0.2, -0.15) is 0 Å². The minimum atomic E-state index is -0.0891. The summed E-state index contributed by atoms with van der Waals surface area (Å²) in [6.45, 7) is 3.44. The van der Waals surface area contributed by atoms with Crippen molar-refractivity contribution in [1.29, 1.82) is 0 Å². The van der Waals surface area contributed by atoms with Crippen molar-refractivity contribution < 1.29 is 4.79 Å². The number of nitrogens with one attached hydrogen (secondary N) is 1. The van der Waals surface area contributed by atoms with Crippen molar-refractivity contribution in [1.82, 2.24) is 9.47 Å². The third-order valence-electron chi connectivity index (χ3n) is 5.14. The zero-order chi connectivity index (χ0) is 18.8. The quantitative estimate of drug-likeness (QED) is 0.660. The second-order valence-corrected chi connectivity index (χ2v) is 7.35. The third-order valence-corrected chi connectivity index (χ3v) is 5.37. The molecule has 0 radical (unpaired) electrons. The summed E-state index contributed by atoms with van der Waals surface area (Å²) in [5.74, 6) is 0. The number of amides is 2. The Morgan fingerprint density at radius 2 is 1.93 bits per heavy atom. The highest BCUT2D eigenvalue weighted by Crippen LogP contribution is 2.30. The van der Waals surface area contributed by atoms with E-state index in [2.05, 4.69) is 40.3 Å². The van der Waals surface area contributed by atoms with Crippen molar-refractivity contribution in [2.24, 2.45) is 0 Å². The second kappa shape index (κ2) is 7.49. The highest BCUT2D eigenvalue weighted by molar-refractivity contribution is 6.31. The van der Waals surface area contributed by atoms with Crippen molar-refractivity contribution in [2.45, 2.75) is 25.9 Å². The Bertz CT molecular complexity index is 951. The van der Waals surface area contributed by atoms with E-state index in [-0.39, 0.29) is 12.1 Å². The van der Waals surface area contributed by atoms with Gasteiger partial charge in [0.2, 0.25) is 0 Å². The molecule has 1 aliphatic rings. The molecule has 0 saturated heterocycles. The van der Waals surface area contributed by atoms with Crippen LogP contribution in [0.1, 0.15) is 22.9 Å². The number of aromatic nitrogens is 1. The molecule has 27 heavy (non-hydrogen) atoms. The van der Waals surface area contributed by atoms with Crippen LogP contribution in [0.5, 0.6) is 0 Å². The van der Waals surface area contributed by atoms with Crippen LogP contribution in [-0.4, -0.2) is 22.0 Å². The number of hydrogen-bond donors (Lipinski definition) is 1. The zero-order valence-electron chi connectivity index (χ0n) is 15.2. The first kappa shape index (κ1) is 17.7. The Morgan fingerprint density at radius 1 is 1.11 bits per heavy atom. The van der Waals surface area contributed by atoms with Gasteiger partial charge in [-0.1, -0.05) is 48.0 Å². The summed E-state index contributed by atoms with van der Waals surface area (Å²) in [5.41, 5.74) is 4.14. The van der Waals surface area contributed by atoms with Gasteiger partial charge < -0.3 is 14.8 Å². The SMILES string of the molecule is Cc1ccc(Cl)cc1NC(=O)N1CCn2cccc2C1Cc1ccccc1. The molecule has 5 heteroatoms. The lowest BCUT2D eigenvalue weighted by atomic mass is 10.0. The van der Waals surface area contributed by atoms with Crippen LogP contribution in [0.15, 0.2) is 66.9 Å². The third kappa shape index (κ3) is 3.71. The summed E-state index contributed by atoms with van der Waals surface area (Å²) < 4.78 is 2.24. The van der Waals surface area contributed by atoms with E-state index in [1.54, 1.807) is 6.07 Å². The Hall–Kier alpha value is -2.72. The number of fused-ring (bicyclic) bond motifs is 1. The molecule has 1 atom stereocenters. The van der Waals surface area contributed by atoms with E-state index in [0.717, 1.165) is 24.2 Å². The van der Waals surface area contributed by atoms with Gasteiger partial charge in [-0.05, 0) is 48.7 Å². The molecule has 2 amide bonds.